The van der Waals surface area contributed by atoms with Crippen LogP contribution in [0.4, 0.5) is 0 Å². The molecular formula is C8H7Cl2NO. The van der Waals surface area contributed by atoms with Gasteiger partial charge in [0.1, 0.15) is 0 Å². The maximum absolute atomic E-state index is 11.1. The van der Waals surface area contributed by atoms with Crippen molar-refractivity contribution in [3.05, 3.63) is 39.3 Å². The van der Waals surface area contributed by atoms with E-state index in [1.807, 2.05) is 0 Å². The van der Waals surface area contributed by atoms with Crippen LogP contribution in [0, 0.1) is 0 Å². The minimum Gasteiger partial charge on any atom is -0.327 e. The Labute approximate surface area is 79.8 Å². The van der Waals surface area contributed by atoms with Gasteiger partial charge in [-0.05, 0) is 6.07 Å². The van der Waals surface area contributed by atoms with Crippen molar-refractivity contribution in [2.24, 2.45) is 0 Å². The molecule has 0 fully saturated rings. The lowest BCUT2D eigenvalue weighted by molar-refractivity contribution is 1.23. The van der Waals surface area contributed by atoms with Crippen molar-refractivity contribution < 1.29 is 0 Å². The molecule has 0 aromatic carbocycles. The van der Waals surface area contributed by atoms with Crippen LogP contribution in [-0.4, -0.2) is 10.9 Å². The lowest BCUT2D eigenvalue weighted by Crippen LogP contribution is -2.07. The summed E-state index contributed by atoms with van der Waals surface area (Å²) in [6.07, 6.45) is 4.77. The molecule has 0 saturated carbocycles. The van der Waals surface area contributed by atoms with Crippen molar-refractivity contribution in [2.45, 2.75) is 0 Å². The first-order chi connectivity index (χ1) is 5.74. The van der Waals surface area contributed by atoms with Crippen LogP contribution in [0.3, 0.4) is 0 Å². The quantitative estimate of drug-likeness (QED) is 0.736. The summed E-state index contributed by atoms with van der Waals surface area (Å²) in [5.74, 6) is 0.381. The van der Waals surface area contributed by atoms with E-state index in [9.17, 15) is 4.79 Å². The van der Waals surface area contributed by atoms with Crippen LogP contribution < -0.4 is 5.56 Å². The summed E-state index contributed by atoms with van der Waals surface area (Å²) >= 11 is 11.1. The Morgan fingerprint density at radius 2 is 2.33 bits per heavy atom. The van der Waals surface area contributed by atoms with Crippen LogP contribution in [-0.2, 0) is 0 Å². The summed E-state index contributed by atoms with van der Waals surface area (Å²) in [7, 11) is 0. The second kappa shape index (κ2) is 4.33. The van der Waals surface area contributed by atoms with Crippen molar-refractivity contribution in [3.8, 4) is 0 Å². The number of pyridine rings is 1. The van der Waals surface area contributed by atoms with Crippen LogP contribution in [0.25, 0.3) is 6.08 Å². The largest absolute Gasteiger partial charge is 0.327 e. The van der Waals surface area contributed by atoms with Gasteiger partial charge in [-0.15, -0.1) is 11.6 Å². The second-order valence-electron chi connectivity index (χ2n) is 2.16. The standard InChI is InChI=1S/C8H7Cl2NO/c9-3-1-2-6-4-7(10)5-11-8(6)12/h1-2,4-5H,3H2,(H,11,12). The van der Waals surface area contributed by atoms with Gasteiger partial charge < -0.3 is 4.98 Å². The number of hydrogen-bond acceptors (Lipinski definition) is 1. The fourth-order valence-electron chi connectivity index (χ4n) is 0.769. The normalized spacial score (nSPS) is 10.8. The Hall–Kier alpha value is -0.730. The molecule has 4 heteroatoms. The van der Waals surface area contributed by atoms with Gasteiger partial charge in [-0.1, -0.05) is 23.8 Å². The number of allylic oxidation sites excluding steroid dienone is 1. The molecule has 0 aliphatic rings. The monoisotopic (exact) mass is 203 g/mol. The summed E-state index contributed by atoms with van der Waals surface area (Å²) in [5.41, 5.74) is 0.351. The van der Waals surface area contributed by atoms with E-state index in [-0.39, 0.29) is 5.56 Å². The fraction of sp³-hybridized carbons (Fsp3) is 0.125. The Kier molecular flexibility index (Phi) is 3.38. The molecule has 0 saturated heterocycles. The molecule has 1 N–H and O–H groups in total. The van der Waals surface area contributed by atoms with Gasteiger partial charge in [0.15, 0.2) is 0 Å². The first kappa shape index (κ1) is 9.36. The summed E-state index contributed by atoms with van der Waals surface area (Å²) in [4.78, 5) is 13.6. The lowest BCUT2D eigenvalue weighted by atomic mass is 10.2. The van der Waals surface area contributed by atoms with Crippen molar-refractivity contribution in [1.29, 1.82) is 0 Å². The third-order valence-electron chi connectivity index (χ3n) is 1.28. The Balaban J connectivity index is 3.06. The highest BCUT2D eigenvalue weighted by Gasteiger charge is 1.94. The number of rotatable bonds is 2. The molecule has 2 nitrogen and oxygen atoms in total. The highest BCUT2D eigenvalue weighted by Crippen LogP contribution is 2.06. The van der Waals surface area contributed by atoms with Gasteiger partial charge in [-0.2, -0.15) is 0 Å². The van der Waals surface area contributed by atoms with Gasteiger partial charge >= 0.3 is 0 Å². The molecular weight excluding hydrogens is 197 g/mol. The second-order valence-corrected chi connectivity index (χ2v) is 2.90. The molecule has 1 heterocycles. The molecule has 0 aliphatic heterocycles. The van der Waals surface area contributed by atoms with E-state index in [4.69, 9.17) is 23.2 Å². The van der Waals surface area contributed by atoms with Gasteiger partial charge in [0.05, 0.1) is 5.02 Å². The first-order valence-electron chi connectivity index (χ1n) is 3.35. The number of H-pyrrole nitrogens is 1. The number of alkyl halides is 1. The number of nitrogens with one attached hydrogen (secondary N) is 1. The Bertz CT molecular complexity index is 343. The zero-order chi connectivity index (χ0) is 8.97. The fourth-order valence-corrected chi connectivity index (χ4v) is 1.03. The lowest BCUT2D eigenvalue weighted by Gasteiger charge is -1.92. The zero-order valence-corrected chi connectivity index (χ0v) is 7.69. The van der Waals surface area contributed by atoms with Crippen LogP contribution in [0.15, 0.2) is 23.1 Å². The van der Waals surface area contributed by atoms with E-state index in [1.54, 1.807) is 18.2 Å². The Morgan fingerprint density at radius 1 is 1.58 bits per heavy atom. The molecule has 0 radical (unpaired) electrons. The molecule has 0 spiro atoms. The van der Waals surface area contributed by atoms with E-state index in [1.165, 1.54) is 6.20 Å². The molecule has 0 bridgehead atoms. The molecule has 0 atom stereocenters. The SMILES string of the molecule is O=c1[nH]cc(Cl)cc1C=CCCl. The average Bonchev–Trinajstić information content (AvgIpc) is 2.07. The molecule has 1 aromatic rings. The van der Waals surface area contributed by atoms with Crippen molar-refractivity contribution >= 4 is 29.3 Å². The summed E-state index contributed by atoms with van der Waals surface area (Å²) < 4.78 is 0. The van der Waals surface area contributed by atoms with Gasteiger partial charge in [-0.25, -0.2) is 0 Å². The summed E-state index contributed by atoms with van der Waals surface area (Å²) in [6, 6.07) is 1.59. The van der Waals surface area contributed by atoms with Crippen LogP contribution in [0.1, 0.15) is 5.56 Å². The van der Waals surface area contributed by atoms with Crippen molar-refractivity contribution in [3.63, 3.8) is 0 Å². The molecule has 1 rings (SSSR count). The van der Waals surface area contributed by atoms with E-state index >= 15 is 0 Å². The minimum atomic E-state index is -0.166. The maximum Gasteiger partial charge on any atom is 0.255 e. The number of halogens is 2. The number of hydrogen-bond donors (Lipinski definition) is 1. The number of aromatic nitrogens is 1. The predicted molar refractivity (Wildman–Crippen MR) is 51.8 cm³/mol. The van der Waals surface area contributed by atoms with Gasteiger partial charge in [-0.3, -0.25) is 4.79 Å². The van der Waals surface area contributed by atoms with Crippen LogP contribution in [0.5, 0.6) is 0 Å². The predicted octanol–water partition coefficient (Wildman–Crippen LogP) is 2.28. The van der Waals surface area contributed by atoms with E-state index in [0.29, 0.717) is 16.5 Å². The van der Waals surface area contributed by atoms with E-state index in [0.717, 1.165) is 0 Å². The maximum atomic E-state index is 11.1. The molecule has 12 heavy (non-hydrogen) atoms. The average molecular weight is 204 g/mol. The highest BCUT2D eigenvalue weighted by molar-refractivity contribution is 6.30. The first-order valence-corrected chi connectivity index (χ1v) is 4.26. The smallest absolute Gasteiger partial charge is 0.255 e. The third-order valence-corrected chi connectivity index (χ3v) is 1.68. The van der Waals surface area contributed by atoms with Gasteiger partial charge in [0.25, 0.3) is 5.56 Å². The van der Waals surface area contributed by atoms with Gasteiger partial charge in [0.2, 0.25) is 0 Å². The van der Waals surface area contributed by atoms with Crippen LogP contribution in [0.2, 0.25) is 5.02 Å². The van der Waals surface area contributed by atoms with E-state index < -0.39 is 0 Å². The molecule has 0 amide bonds. The van der Waals surface area contributed by atoms with Gasteiger partial charge in [0, 0.05) is 17.6 Å². The highest BCUT2D eigenvalue weighted by atomic mass is 35.5. The molecule has 0 aliphatic carbocycles. The third kappa shape index (κ3) is 2.40. The molecule has 1 aromatic heterocycles. The number of aromatic amines is 1. The van der Waals surface area contributed by atoms with E-state index in [2.05, 4.69) is 4.98 Å². The zero-order valence-electron chi connectivity index (χ0n) is 6.18. The van der Waals surface area contributed by atoms with Crippen LogP contribution >= 0.6 is 23.2 Å². The Morgan fingerprint density at radius 3 is 3.00 bits per heavy atom. The summed E-state index contributed by atoms with van der Waals surface area (Å²) in [6.45, 7) is 0. The molecule has 0 unspecified atom stereocenters. The summed E-state index contributed by atoms with van der Waals surface area (Å²) in [5, 5.41) is 0.504. The minimum absolute atomic E-state index is 0.166. The van der Waals surface area contributed by atoms with Crippen molar-refractivity contribution in [2.75, 3.05) is 5.88 Å². The van der Waals surface area contributed by atoms with Crippen molar-refractivity contribution in [1.82, 2.24) is 4.98 Å². The topological polar surface area (TPSA) is 32.9 Å². The molecule has 64 valence electrons.